The molecule has 1 aromatic heterocycles. The minimum Gasteiger partial charge on any atom is -0.454 e. The molecule has 0 saturated heterocycles. The van der Waals surface area contributed by atoms with Crippen LogP contribution in [0.5, 0.6) is 11.5 Å². The van der Waals surface area contributed by atoms with E-state index in [1.54, 1.807) is 53.9 Å². The van der Waals surface area contributed by atoms with Gasteiger partial charge in [-0.05, 0) is 53.4 Å². The summed E-state index contributed by atoms with van der Waals surface area (Å²) in [6.07, 6.45) is 0. The first kappa shape index (κ1) is 26.2. The number of fused-ring (bicyclic) bond motifs is 2. The second kappa shape index (κ2) is 10.9. The summed E-state index contributed by atoms with van der Waals surface area (Å²) in [5.74, 6) is -2.02. The Bertz CT molecular complexity index is 1660. The molecule has 3 amide bonds. The molecule has 0 bridgehead atoms. The third-order valence-corrected chi connectivity index (χ3v) is 7.70. The molecule has 6 rings (SSSR count). The van der Waals surface area contributed by atoms with Crippen molar-refractivity contribution in [2.24, 2.45) is 0 Å². The Balaban J connectivity index is 1.35. The van der Waals surface area contributed by atoms with Crippen molar-refractivity contribution in [3.8, 4) is 11.5 Å². The van der Waals surface area contributed by atoms with Crippen molar-refractivity contribution in [3.63, 3.8) is 0 Å². The molecule has 0 spiro atoms. The number of amides is 3. The molecule has 0 unspecified atom stereocenters. The number of anilines is 2. The maximum absolute atomic E-state index is 14.0. The van der Waals surface area contributed by atoms with Crippen molar-refractivity contribution in [2.45, 2.75) is 12.6 Å². The molecular formula is C30H22FN3O6S. The molecule has 1 atom stereocenters. The number of benzene rings is 3. The Labute approximate surface area is 237 Å². The van der Waals surface area contributed by atoms with Crippen molar-refractivity contribution in [3.05, 3.63) is 106 Å². The van der Waals surface area contributed by atoms with Gasteiger partial charge in [-0.25, -0.2) is 4.39 Å². The summed E-state index contributed by atoms with van der Waals surface area (Å²) in [6, 6.07) is 19.4. The van der Waals surface area contributed by atoms with Gasteiger partial charge in [0.15, 0.2) is 11.5 Å². The number of hydrogen-bond donors (Lipinski definition) is 1. The van der Waals surface area contributed by atoms with E-state index in [0.29, 0.717) is 33.3 Å². The number of para-hydroxylation sites is 1. The number of halogens is 1. The van der Waals surface area contributed by atoms with Crippen molar-refractivity contribution in [1.82, 2.24) is 4.90 Å². The molecule has 3 aromatic carbocycles. The van der Waals surface area contributed by atoms with Crippen LogP contribution in [0.1, 0.15) is 26.8 Å². The Kier molecular flexibility index (Phi) is 6.94. The van der Waals surface area contributed by atoms with Crippen LogP contribution in [0.2, 0.25) is 0 Å². The van der Waals surface area contributed by atoms with Crippen molar-refractivity contribution < 1.29 is 33.0 Å². The fraction of sp³-hybridized carbons (Fsp3) is 0.133. The van der Waals surface area contributed by atoms with Gasteiger partial charge in [0.25, 0.3) is 17.6 Å². The molecule has 2 aliphatic rings. The number of Topliss-reactive ketones (excluding diaryl/α,β-unsaturated/α-hetero) is 1. The number of hydrogen-bond acceptors (Lipinski definition) is 7. The lowest BCUT2D eigenvalue weighted by molar-refractivity contribution is -0.138. The average molecular weight is 572 g/mol. The predicted octanol–water partition coefficient (Wildman–Crippen LogP) is 4.55. The van der Waals surface area contributed by atoms with Gasteiger partial charge in [0.1, 0.15) is 18.4 Å². The monoisotopic (exact) mass is 571 g/mol. The lowest BCUT2D eigenvalue weighted by atomic mass is 10.1. The van der Waals surface area contributed by atoms with Crippen LogP contribution in [-0.4, -0.2) is 41.7 Å². The summed E-state index contributed by atoms with van der Waals surface area (Å²) in [6.45, 7) is -0.457. The van der Waals surface area contributed by atoms with Crippen molar-refractivity contribution >= 4 is 46.2 Å². The number of carbonyl (C=O) groups is 4. The molecule has 4 aromatic rings. The lowest BCUT2D eigenvalue weighted by Crippen LogP contribution is -2.46. The van der Waals surface area contributed by atoms with E-state index in [0.717, 1.165) is 4.90 Å². The Morgan fingerprint density at radius 3 is 2.54 bits per heavy atom. The Hall–Kier alpha value is -5.03. The normalized spacial score (nSPS) is 14.1. The third kappa shape index (κ3) is 5.14. The molecule has 3 heterocycles. The van der Waals surface area contributed by atoms with Gasteiger partial charge >= 0.3 is 0 Å². The molecule has 0 fully saturated rings. The number of nitrogens with zero attached hydrogens (tertiary/aromatic N) is 2. The highest BCUT2D eigenvalue weighted by molar-refractivity contribution is 7.10. The highest BCUT2D eigenvalue weighted by Gasteiger charge is 2.39. The summed E-state index contributed by atoms with van der Waals surface area (Å²) in [7, 11) is 0. The zero-order valence-corrected chi connectivity index (χ0v) is 22.2. The first-order valence-electron chi connectivity index (χ1n) is 12.6. The van der Waals surface area contributed by atoms with Gasteiger partial charge in [0.05, 0.1) is 11.3 Å². The fourth-order valence-electron chi connectivity index (χ4n) is 4.80. The zero-order chi connectivity index (χ0) is 28.5. The highest BCUT2D eigenvalue weighted by Crippen LogP contribution is 2.36. The first-order chi connectivity index (χ1) is 19.9. The van der Waals surface area contributed by atoms with E-state index in [-0.39, 0.29) is 18.9 Å². The van der Waals surface area contributed by atoms with Crippen LogP contribution < -0.4 is 19.7 Å². The van der Waals surface area contributed by atoms with E-state index in [1.807, 2.05) is 0 Å². The van der Waals surface area contributed by atoms with E-state index < -0.39 is 41.9 Å². The van der Waals surface area contributed by atoms with Gasteiger partial charge in [-0.15, -0.1) is 11.3 Å². The highest BCUT2D eigenvalue weighted by atomic mass is 32.1. The number of rotatable bonds is 8. The molecule has 1 N–H and O–H groups in total. The number of ether oxygens (including phenoxy) is 2. The topological polar surface area (TPSA) is 105 Å². The number of ketones is 1. The van der Waals surface area contributed by atoms with Gasteiger partial charge in [-0.2, -0.15) is 0 Å². The van der Waals surface area contributed by atoms with Crippen LogP contribution in [0.4, 0.5) is 15.8 Å². The second-order valence-corrected chi connectivity index (χ2v) is 10.3. The van der Waals surface area contributed by atoms with Gasteiger partial charge in [-0.1, -0.05) is 30.3 Å². The molecule has 0 saturated carbocycles. The van der Waals surface area contributed by atoms with Gasteiger partial charge in [0, 0.05) is 23.2 Å². The predicted molar refractivity (Wildman–Crippen MR) is 148 cm³/mol. The van der Waals surface area contributed by atoms with Crippen LogP contribution >= 0.6 is 11.3 Å². The van der Waals surface area contributed by atoms with E-state index in [9.17, 15) is 23.6 Å². The van der Waals surface area contributed by atoms with Gasteiger partial charge < -0.3 is 19.7 Å². The van der Waals surface area contributed by atoms with Gasteiger partial charge in [-0.3, -0.25) is 24.1 Å². The Morgan fingerprint density at radius 2 is 1.76 bits per heavy atom. The smallest absolute Gasteiger partial charge is 0.299 e. The summed E-state index contributed by atoms with van der Waals surface area (Å²) in [5, 5.41) is 4.65. The standard InChI is InChI=1S/C30H22FN3O6S/c31-19-9-7-18(8-10-19)15-34(26(35)16-33-22-5-2-1-4-21(22)28(36)30(33)38)27(25-6-3-13-41-25)29(37)32-20-11-12-23-24(14-20)40-17-39-23/h1-14,27H,15-17H2,(H,32,37)/t27-/m1/s1. The molecule has 11 heteroatoms. The average Bonchev–Trinajstić information content (AvgIpc) is 3.72. The summed E-state index contributed by atoms with van der Waals surface area (Å²) in [5.41, 5.74) is 1.55. The SMILES string of the molecule is O=C1C(=O)N(CC(=O)N(Cc2ccc(F)cc2)[C@@H](C(=O)Nc2ccc3c(c2)OCO3)c2cccs2)c2ccccc21. The summed E-state index contributed by atoms with van der Waals surface area (Å²) >= 11 is 1.29. The zero-order valence-electron chi connectivity index (χ0n) is 21.4. The molecule has 0 radical (unpaired) electrons. The molecule has 9 nitrogen and oxygen atoms in total. The van der Waals surface area contributed by atoms with Gasteiger partial charge in [0.2, 0.25) is 12.7 Å². The minimum atomic E-state index is -1.11. The number of thiophene rings is 1. The molecule has 206 valence electrons. The van der Waals surface area contributed by atoms with E-state index in [1.165, 1.54) is 46.6 Å². The van der Waals surface area contributed by atoms with Crippen LogP contribution in [0.15, 0.2) is 84.2 Å². The molecule has 2 aliphatic heterocycles. The number of carbonyl (C=O) groups excluding carboxylic acids is 4. The summed E-state index contributed by atoms with van der Waals surface area (Å²) in [4.78, 5) is 56.3. The maximum Gasteiger partial charge on any atom is 0.299 e. The molecule has 41 heavy (non-hydrogen) atoms. The van der Waals surface area contributed by atoms with Crippen LogP contribution in [0.3, 0.4) is 0 Å². The quantitative estimate of drug-likeness (QED) is 0.311. The van der Waals surface area contributed by atoms with Crippen LogP contribution in [0.25, 0.3) is 0 Å². The van der Waals surface area contributed by atoms with Crippen LogP contribution in [0, 0.1) is 5.82 Å². The van der Waals surface area contributed by atoms with Crippen molar-refractivity contribution in [2.75, 3.05) is 23.6 Å². The molecular weight excluding hydrogens is 549 g/mol. The van der Waals surface area contributed by atoms with Crippen LogP contribution in [-0.2, 0) is 20.9 Å². The van der Waals surface area contributed by atoms with E-state index >= 15 is 0 Å². The van der Waals surface area contributed by atoms with E-state index in [2.05, 4.69) is 5.32 Å². The van der Waals surface area contributed by atoms with Crippen molar-refractivity contribution in [1.29, 1.82) is 0 Å². The largest absolute Gasteiger partial charge is 0.454 e. The molecule has 0 aliphatic carbocycles. The second-order valence-electron chi connectivity index (χ2n) is 9.36. The summed E-state index contributed by atoms with van der Waals surface area (Å²) < 4.78 is 24.4. The first-order valence-corrected chi connectivity index (χ1v) is 13.5. The fourth-order valence-corrected chi connectivity index (χ4v) is 5.63. The lowest BCUT2D eigenvalue weighted by Gasteiger charge is -2.32. The third-order valence-electron chi connectivity index (χ3n) is 6.77. The maximum atomic E-state index is 14.0. The number of nitrogens with one attached hydrogen (secondary N) is 1. The minimum absolute atomic E-state index is 0.0616. The Morgan fingerprint density at radius 1 is 0.976 bits per heavy atom. The van der Waals surface area contributed by atoms with E-state index in [4.69, 9.17) is 9.47 Å².